The first-order valence-corrected chi connectivity index (χ1v) is 3.84. The molecule has 0 aromatic heterocycles. The molecule has 1 fully saturated rings. The van der Waals surface area contributed by atoms with Crippen LogP contribution in [-0.4, -0.2) is 18.5 Å². The van der Waals surface area contributed by atoms with Crippen LogP contribution in [-0.2, 0) is 9.53 Å². The Balaban J connectivity index is 2.25. The maximum Gasteiger partial charge on any atom is 0.149 e. The fraction of sp³-hybridized carbons (Fsp3) is 0.875. The second-order valence-corrected chi connectivity index (χ2v) is 3.12. The first-order chi connectivity index (χ1) is 4.74. The first kappa shape index (κ1) is 7.73. The Bertz CT molecular complexity index is 116. The van der Waals surface area contributed by atoms with Crippen LogP contribution in [0.2, 0.25) is 0 Å². The predicted molar refractivity (Wildman–Crippen MR) is 38.8 cm³/mol. The van der Waals surface area contributed by atoms with Gasteiger partial charge in [-0.2, -0.15) is 0 Å². The van der Waals surface area contributed by atoms with Crippen LogP contribution in [0.4, 0.5) is 0 Å². The second-order valence-electron chi connectivity index (χ2n) is 3.12. The molecule has 0 heterocycles. The number of carbonyl (C=O) groups is 1. The summed E-state index contributed by atoms with van der Waals surface area (Å²) in [6.07, 6.45) is 3.31. The average molecular weight is 142 g/mol. The lowest BCUT2D eigenvalue weighted by Crippen LogP contribution is -2.21. The van der Waals surface area contributed by atoms with Gasteiger partial charge < -0.3 is 9.53 Å². The van der Waals surface area contributed by atoms with E-state index in [0.717, 1.165) is 19.1 Å². The molecule has 0 radical (unpaired) electrons. The molecule has 0 bridgehead atoms. The van der Waals surface area contributed by atoms with Crippen molar-refractivity contribution < 1.29 is 9.53 Å². The van der Waals surface area contributed by atoms with Gasteiger partial charge in [-0.3, -0.25) is 0 Å². The summed E-state index contributed by atoms with van der Waals surface area (Å²) in [5, 5.41) is 0. The van der Waals surface area contributed by atoms with E-state index in [1.54, 1.807) is 0 Å². The summed E-state index contributed by atoms with van der Waals surface area (Å²) in [4.78, 5) is 10.4. The molecule has 10 heavy (non-hydrogen) atoms. The van der Waals surface area contributed by atoms with Crippen molar-refractivity contribution >= 4 is 6.29 Å². The van der Waals surface area contributed by atoms with E-state index in [9.17, 15) is 4.79 Å². The third kappa shape index (κ3) is 2.10. The Hall–Kier alpha value is -0.370. The Morgan fingerprint density at radius 1 is 1.50 bits per heavy atom. The van der Waals surface area contributed by atoms with Crippen LogP contribution >= 0.6 is 0 Å². The fourth-order valence-corrected chi connectivity index (χ4v) is 0.993. The normalized spacial score (nSPS) is 21.1. The highest BCUT2D eigenvalue weighted by molar-refractivity contribution is 5.57. The Morgan fingerprint density at radius 2 is 2.10 bits per heavy atom. The molecule has 0 N–H and O–H groups in total. The van der Waals surface area contributed by atoms with Gasteiger partial charge in [0.2, 0.25) is 0 Å². The van der Waals surface area contributed by atoms with Crippen molar-refractivity contribution in [3.8, 4) is 0 Å². The molecule has 0 saturated heterocycles. The van der Waals surface area contributed by atoms with Crippen LogP contribution in [0.3, 0.4) is 0 Å². The molecule has 2 nitrogen and oxygen atoms in total. The summed E-state index contributed by atoms with van der Waals surface area (Å²) >= 11 is 0. The SMILES string of the molecule is CC(C)OC(C=O)C1CC1. The summed E-state index contributed by atoms with van der Waals surface area (Å²) in [7, 11) is 0. The third-order valence-electron chi connectivity index (χ3n) is 1.65. The maximum atomic E-state index is 10.4. The van der Waals surface area contributed by atoms with Crippen molar-refractivity contribution in [1.29, 1.82) is 0 Å². The average Bonchev–Trinajstić information content (AvgIpc) is 2.63. The number of rotatable bonds is 4. The number of carbonyl (C=O) groups excluding carboxylic acids is 1. The highest BCUT2D eigenvalue weighted by Crippen LogP contribution is 2.33. The fourth-order valence-electron chi connectivity index (χ4n) is 0.993. The van der Waals surface area contributed by atoms with Crippen LogP contribution in [0, 0.1) is 5.92 Å². The highest BCUT2D eigenvalue weighted by Gasteiger charge is 2.32. The van der Waals surface area contributed by atoms with E-state index >= 15 is 0 Å². The largest absolute Gasteiger partial charge is 0.368 e. The molecule has 0 spiro atoms. The monoisotopic (exact) mass is 142 g/mol. The summed E-state index contributed by atoms with van der Waals surface area (Å²) in [5.41, 5.74) is 0. The topological polar surface area (TPSA) is 26.3 Å². The molecule has 1 rings (SSSR count). The van der Waals surface area contributed by atoms with Crippen molar-refractivity contribution in [2.45, 2.75) is 38.9 Å². The summed E-state index contributed by atoms with van der Waals surface area (Å²) in [6.45, 7) is 3.91. The van der Waals surface area contributed by atoms with Crippen molar-refractivity contribution in [2.75, 3.05) is 0 Å². The maximum absolute atomic E-state index is 10.4. The molecule has 1 aliphatic carbocycles. The highest BCUT2D eigenvalue weighted by atomic mass is 16.5. The first-order valence-electron chi connectivity index (χ1n) is 3.84. The molecule has 1 unspecified atom stereocenters. The van der Waals surface area contributed by atoms with Gasteiger partial charge in [0.05, 0.1) is 6.10 Å². The summed E-state index contributed by atoms with van der Waals surface area (Å²) in [5.74, 6) is 0.528. The molecule has 1 saturated carbocycles. The number of ether oxygens (including phenoxy) is 1. The Labute approximate surface area is 61.6 Å². The van der Waals surface area contributed by atoms with Crippen molar-refractivity contribution in [2.24, 2.45) is 5.92 Å². The van der Waals surface area contributed by atoms with Gasteiger partial charge in [0, 0.05) is 0 Å². The van der Waals surface area contributed by atoms with Gasteiger partial charge in [-0.25, -0.2) is 0 Å². The van der Waals surface area contributed by atoms with E-state index in [0.29, 0.717) is 5.92 Å². The van der Waals surface area contributed by atoms with Gasteiger partial charge in [0.15, 0.2) is 0 Å². The van der Waals surface area contributed by atoms with Gasteiger partial charge in [-0.05, 0) is 32.6 Å². The molecule has 1 atom stereocenters. The molecule has 58 valence electrons. The Kier molecular flexibility index (Phi) is 2.44. The van der Waals surface area contributed by atoms with E-state index in [2.05, 4.69) is 0 Å². The van der Waals surface area contributed by atoms with E-state index in [-0.39, 0.29) is 12.2 Å². The van der Waals surface area contributed by atoms with Gasteiger partial charge >= 0.3 is 0 Å². The lowest BCUT2D eigenvalue weighted by atomic mass is 10.2. The molecule has 0 aromatic carbocycles. The third-order valence-corrected chi connectivity index (χ3v) is 1.65. The zero-order valence-electron chi connectivity index (χ0n) is 6.54. The lowest BCUT2D eigenvalue weighted by Gasteiger charge is -2.13. The summed E-state index contributed by atoms with van der Waals surface area (Å²) < 4.78 is 5.36. The number of hydrogen-bond donors (Lipinski definition) is 0. The minimum Gasteiger partial charge on any atom is -0.368 e. The van der Waals surface area contributed by atoms with E-state index < -0.39 is 0 Å². The summed E-state index contributed by atoms with van der Waals surface area (Å²) in [6, 6.07) is 0. The minimum absolute atomic E-state index is 0.125. The quantitative estimate of drug-likeness (QED) is 0.554. The molecule has 0 amide bonds. The van der Waals surface area contributed by atoms with Crippen LogP contribution < -0.4 is 0 Å². The predicted octanol–water partition coefficient (Wildman–Crippen LogP) is 1.39. The molecule has 0 aliphatic heterocycles. The molecular formula is C8H14O2. The van der Waals surface area contributed by atoms with Gasteiger partial charge in [-0.1, -0.05) is 0 Å². The second kappa shape index (κ2) is 3.15. The van der Waals surface area contributed by atoms with Crippen LogP contribution in [0.5, 0.6) is 0 Å². The smallest absolute Gasteiger partial charge is 0.149 e. The zero-order chi connectivity index (χ0) is 7.56. The minimum atomic E-state index is -0.125. The lowest BCUT2D eigenvalue weighted by molar-refractivity contribution is -0.122. The van der Waals surface area contributed by atoms with Crippen LogP contribution in [0.1, 0.15) is 26.7 Å². The molecule has 0 aromatic rings. The van der Waals surface area contributed by atoms with E-state index in [1.807, 2.05) is 13.8 Å². The Morgan fingerprint density at radius 3 is 2.40 bits per heavy atom. The van der Waals surface area contributed by atoms with E-state index in [1.165, 1.54) is 0 Å². The van der Waals surface area contributed by atoms with Gasteiger partial charge in [0.1, 0.15) is 12.4 Å². The standard InChI is InChI=1S/C8H14O2/c1-6(2)10-8(5-9)7-3-4-7/h5-8H,3-4H2,1-2H3. The zero-order valence-corrected chi connectivity index (χ0v) is 6.54. The number of hydrogen-bond acceptors (Lipinski definition) is 2. The van der Waals surface area contributed by atoms with Crippen molar-refractivity contribution in [3.63, 3.8) is 0 Å². The van der Waals surface area contributed by atoms with E-state index in [4.69, 9.17) is 4.74 Å². The van der Waals surface area contributed by atoms with Crippen LogP contribution in [0.25, 0.3) is 0 Å². The van der Waals surface area contributed by atoms with Crippen molar-refractivity contribution in [1.82, 2.24) is 0 Å². The van der Waals surface area contributed by atoms with Crippen LogP contribution in [0.15, 0.2) is 0 Å². The van der Waals surface area contributed by atoms with Crippen molar-refractivity contribution in [3.05, 3.63) is 0 Å². The molecule has 2 heteroatoms. The van der Waals surface area contributed by atoms with Gasteiger partial charge in [0.25, 0.3) is 0 Å². The van der Waals surface area contributed by atoms with Gasteiger partial charge in [-0.15, -0.1) is 0 Å². The molecule has 1 aliphatic rings. The molecular weight excluding hydrogens is 128 g/mol. The number of aldehydes is 1.